The molecule has 1 heterocycles. The van der Waals surface area contributed by atoms with E-state index in [-0.39, 0.29) is 6.61 Å². The van der Waals surface area contributed by atoms with E-state index in [0.717, 1.165) is 22.6 Å². The van der Waals surface area contributed by atoms with E-state index in [1.54, 1.807) is 7.11 Å². The van der Waals surface area contributed by atoms with Crippen molar-refractivity contribution in [2.24, 2.45) is 0 Å². The zero-order valence-corrected chi connectivity index (χ0v) is 15.4. The van der Waals surface area contributed by atoms with Crippen LogP contribution in [0.25, 0.3) is 11.5 Å². The Bertz CT molecular complexity index is 836. The molecule has 0 saturated heterocycles. The van der Waals surface area contributed by atoms with Crippen molar-refractivity contribution < 1.29 is 19.0 Å². The van der Waals surface area contributed by atoms with Gasteiger partial charge in [0, 0.05) is 11.3 Å². The molecule has 1 atom stereocenters. The third kappa shape index (κ3) is 5.00. The lowest BCUT2D eigenvalue weighted by Gasteiger charge is -2.11. The average Bonchev–Trinajstić information content (AvgIpc) is 3.14. The first kappa shape index (κ1) is 18.3. The Labute approximate surface area is 156 Å². The van der Waals surface area contributed by atoms with Crippen molar-refractivity contribution in [3.8, 4) is 23.0 Å². The van der Waals surface area contributed by atoms with E-state index in [1.165, 1.54) is 11.8 Å². The van der Waals surface area contributed by atoms with Crippen LogP contribution in [0.5, 0.6) is 11.5 Å². The highest BCUT2D eigenvalue weighted by Crippen LogP contribution is 2.25. The van der Waals surface area contributed by atoms with Crippen LogP contribution in [0.15, 0.2) is 58.2 Å². The molecule has 0 aliphatic rings. The summed E-state index contributed by atoms with van der Waals surface area (Å²) in [6.07, 6.45) is -0.642. The van der Waals surface area contributed by atoms with E-state index in [1.807, 2.05) is 55.5 Å². The van der Waals surface area contributed by atoms with Crippen LogP contribution in [-0.2, 0) is 0 Å². The average molecular weight is 372 g/mol. The fraction of sp³-hybridized carbons (Fsp3) is 0.263. The molecule has 0 aliphatic carbocycles. The van der Waals surface area contributed by atoms with Crippen LogP contribution in [0.2, 0.25) is 0 Å². The number of aliphatic hydroxyl groups excluding tert-OH is 1. The Morgan fingerprint density at radius 3 is 2.65 bits per heavy atom. The van der Waals surface area contributed by atoms with Gasteiger partial charge in [-0.3, -0.25) is 0 Å². The van der Waals surface area contributed by atoms with Crippen molar-refractivity contribution in [3.05, 3.63) is 54.1 Å². The molecular weight excluding hydrogens is 352 g/mol. The Morgan fingerprint density at radius 2 is 1.92 bits per heavy atom. The summed E-state index contributed by atoms with van der Waals surface area (Å²) in [5.41, 5.74) is 1.93. The predicted octanol–water partition coefficient (Wildman–Crippen LogP) is 3.59. The molecule has 3 rings (SSSR count). The predicted molar refractivity (Wildman–Crippen MR) is 99.7 cm³/mol. The molecule has 0 aliphatic heterocycles. The highest BCUT2D eigenvalue weighted by Gasteiger charge is 2.12. The first-order valence-corrected chi connectivity index (χ1v) is 9.11. The van der Waals surface area contributed by atoms with Crippen LogP contribution in [0.1, 0.15) is 5.56 Å². The molecule has 0 spiro atoms. The Kier molecular flexibility index (Phi) is 6.14. The van der Waals surface area contributed by atoms with Crippen LogP contribution >= 0.6 is 11.8 Å². The van der Waals surface area contributed by atoms with Crippen molar-refractivity contribution in [1.82, 2.24) is 10.2 Å². The summed E-state index contributed by atoms with van der Waals surface area (Å²) >= 11 is 1.30. The van der Waals surface area contributed by atoms with E-state index in [9.17, 15) is 5.11 Å². The van der Waals surface area contributed by atoms with Gasteiger partial charge in [-0.2, -0.15) is 0 Å². The van der Waals surface area contributed by atoms with Gasteiger partial charge in [0.1, 0.15) is 18.1 Å². The molecule has 0 fully saturated rings. The number of aromatic nitrogens is 2. The smallest absolute Gasteiger partial charge is 0.276 e. The molecule has 1 aromatic heterocycles. The van der Waals surface area contributed by atoms with E-state index in [4.69, 9.17) is 13.9 Å². The minimum atomic E-state index is -0.642. The number of nitrogens with zero attached hydrogens (tertiary/aromatic N) is 2. The van der Waals surface area contributed by atoms with Crippen LogP contribution in [-0.4, -0.2) is 40.9 Å². The van der Waals surface area contributed by atoms with Crippen LogP contribution in [0.4, 0.5) is 0 Å². The molecule has 0 amide bonds. The van der Waals surface area contributed by atoms with E-state index in [0.29, 0.717) is 16.9 Å². The highest BCUT2D eigenvalue weighted by atomic mass is 32.2. The van der Waals surface area contributed by atoms with Crippen molar-refractivity contribution in [3.63, 3.8) is 0 Å². The quantitative estimate of drug-likeness (QED) is 0.606. The summed E-state index contributed by atoms with van der Waals surface area (Å²) in [6, 6.07) is 15.1. The number of aliphatic hydroxyl groups is 1. The molecule has 1 N–H and O–H groups in total. The second-order valence-corrected chi connectivity index (χ2v) is 6.67. The number of benzene rings is 2. The largest absolute Gasteiger partial charge is 0.497 e. The lowest BCUT2D eigenvalue weighted by Crippen LogP contribution is -2.20. The zero-order chi connectivity index (χ0) is 18.4. The number of rotatable bonds is 8. The molecule has 0 unspecified atom stereocenters. The van der Waals surface area contributed by atoms with Crippen molar-refractivity contribution in [1.29, 1.82) is 0 Å². The Balaban J connectivity index is 1.49. The van der Waals surface area contributed by atoms with Crippen LogP contribution < -0.4 is 9.47 Å². The summed E-state index contributed by atoms with van der Waals surface area (Å²) in [4.78, 5) is 0. The second kappa shape index (κ2) is 8.73. The number of hydrogen-bond donors (Lipinski definition) is 1. The van der Waals surface area contributed by atoms with E-state index < -0.39 is 6.10 Å². The third-order valence-electron chi connectivity index (χ3n) is 3.57. The van der Waals surface area contributed by atoms with Gasteiger partial charge >= 0.3 is 0 Å². The fourth-order valence-electron chi connectivity index (χ4n) is 2.23. The van der Waals surface area contributed by atoms with Gasteiger partial charge in [-0.25, -0.2) is 0 Å². The van der Waals surface area contributed by atoms with E-state index >= 15 is 0 Å². The highest BCUT2D eigenvalue weighted by molar-refractivity contribution is 7.99. The first-order valence-electron chi connectivity index (χ1n) is 8.12. The topological polar surface area (TPSA) is 77.6 Å². The van der Waals surface area contributed by atoms with Crippen molar-refractivity contribution in [2.45, 2.75) is 18.3 Å². The van der Waals surface area contributed by atoms with Gasteiger partial charge in [0.25, 0.3) is 5.22 Å². The maximum absolute atomic E-state index is 10.1. The van der Waals surface area contributed by atoms with Crippen molar-refractivity contribution >= 4 is 11.8 Å². The zero-order valence-electron chi connectivity index (χ0n) is 14.6. The van der Waals surface area contributed by atoms with Gasteiger partial charge in [0.2, 0.25) is 5.89 Å². The van der Waals surface area contributed by atoms with Crippen LogP contribution in [0.3, 0.4) is 0 Å². The lowest BCUT2D eigenvalue weighted by molar-refractivity contribution is 0.126. The summed E-state index contributed by atoms with van der Waals surface area (Å²) in [5.74, 6) is 2.34. The van der Waals surface area contributed by atoms with Gasteiger partial charge in [-0.15, -0.1) is 10.2 Å². The normalized spacial score (nSPS) is 12.0. The molecular formula is C19H20N2O4S. The maximum atomic E-state index is 10.1. The SMILES string of the molecule is COc1ccc(-c2nnc(SC[C@@H](O)COc3cccc(C)c3)o2)cc1. The van der Waals surface area contributed by atoms with Gasteiger partial charge in [-0.05, 0) is 48.9 Å². The fourth-order valence-corrected chi connectivity index (χ4v) is 2.90. The summed E-state index contributed by atoms with van der Waals surface area (Å²) in [5, 5.41) is 18.5. The van der Waals surface area contributed by atoms with Gasteiger partial charge < -0.3 is 19.0 Å². The number of thioether (sulfide) groups is 1. The molecule has 7 heteroatoms. The minimum Gasteiger partial charge on any atom is -0.497 e. The Hall–Kier alpha value is -2.51. The van der Waals surface area contributed by atoms with Gasteiger partial charge in [-0.1, -0.05) is 23.9 Å². The van der Waals surface area contributed by atoms with Crippen molar-refractivity contribution in [2.75, 3.05) is 19.5 Å². The molecule has 6 nitrogen and oxygen atoms in total. The lowest BCUT2D eigenvalue weighted by atomic mass is 10.2. The summed E-state index contributed by atoms with van der Waals surface area (Å²) < 4.78 is 16.3. The molecule has 0 saturated carbocycles. The number of aryl methyl sites for hydroxylation is 1. The Morgan fingerprint density at radius 1 is 1.12 bits per heavy atom. The molecule has 2 aromatic carbocycles. The second-order valence-electron chi connectivity index (χ2n) is 5.69. The van der Waals surface area contributed by atoms with Crippen LogP contribution in [0, 0.1) is 6.92 Å². The van der Waals surface area contributed by atoms with E-state index in [2.05, 4.69) is 10.2 Å². The maximum Gasteiger partial charge on any atom is 0.276 e. The number of hydrogen-bond acceptors (Lipinski definition) is 7. The summed E-state index contributed by atoms with van der Waals surface area (Å²) in [6.45, 7) is 2.20. The number of ether oxygens (including phenoxy) is 2. The number of methoxy groups -OCH3 is 1. The summed E-state index contributed by atoms with van der Waals surface area (Å²) in [7, 11) is 1.62. The molecule has 136 valence electrons. The van der Waals surface area contributed by atoms with Gasteiger partial charge in [0.05, 0.1) is 13.2 Å². The third-order valence-corrected chi connectivity index (χ3v) is 4.54. The first-order chi connectivity index (χ1) is 12.6. The minimum absolute atomic E-state index is 0.204. The molecule has 0 bridgehead atoms. The molecule has 3 aromatic rings. The standard InChI is InChI=1S/C19H20N2O4S/c1-13-4-3-5-17(10-13)24-11-15(22)12-26-19-21-20-18(25-19)14-6-8-16(23-2)9-7-14/h3-10,15,22H,11-12H2,1-2H3/t15-/m0/s1. The molecule has 26 heavy (non-hydrogen) atoms. The van der Waals surface area contributed by atoms with Gasteiger partial charge in [0.15, 0.2) is 0 Å². The monoisotopic (exact) mass is 372 g/mol. The molecule has 0 radical (unpaired) electrons.